The van der Waals surface area contributed by atoms with Gasteiger partial charge in [-0.2, -0.15) is 14.9 Å². The summed E-state index contributed by atoms with van der Waals surface area (Å²) in [4.78, 5) is 0. The zero-order valence-electron chi connectivity index (χ0n) is 13.3. The minimum Gasteiger partial charge on any atom is -0.493 e. The summed E-state index contributed by atoms with van der Waals surface area (Å²) in [6.07, 6.45) is 3.27. The largest absolute Gasteiger partial charge is 0.493 e. The van der Waals surface area contributed by atoms with Crippen LogP contribution in [-0.2, 0) is 6.42 Å². The van der Waals surface area contributed by atoms with Crippen molar-refractivity contribution in [3.05, 3.63) is 33.3 Å². The average molecular weight is 355 g/mol. The number of hydrogen-bond donors (Lipinski definition) is 1. The molecule has 0 saturated heterocycles. The molecule has 0 radical (unpaired) electrons. The molecule has 1 heterocycles. The van der Waals surface area contributed by atoms with Gasteiger partial charge in [0.15, 0.2) is 17.3 Å². The van der Waals surface area contributed by atoms with E-state index in [-0.39, 0.29) is 0 Å². The maximum absolute atomic E-state index is 6.29. The van der Waals surface area contributed by atoms with Gasteiger partial charge in [-0.05, 0) is 36.3 Å². The minimum absolute atomic E-state index is 0.444. The summed E-state index contributed by atoms with van der Waals surface area (Å²) < 4.78 is 13.0. The first-order chi connectivity index (χ1) is 11.1. The molecule has 2 rings (SSSR count). The summed E-state index contributed by atoms with van der Waals surface area (Å²) in [7, 11) is 1.58. The second kappa shape index (κ2) is 8.12. The molecule has 0 saturated carbocycles. The van der Waals surface area contributed by atoms with Gasteiger partial charge in [-0.1, -0.05) is 25.4 Å². The van der Waals surface area contributed by atoms with Crippen molar-refractivity contribution in [1.29, 1.82) is 0 Å². The summed E-state index contributed by atoms with van der Waals surface area (Å²) in [6, 6.07) is 3.59. The van der Waals surface area contributed by atoms with Gasteiger partial charge in [-0.3, -0.25) is 5.10 Å². The van der Waals surface area contributed by atoms with Crippen LogP contribution in [0.25, 0.3) is 0 Å². The molecule has 1 N–H and O–H groups in total. The number of hydrogen-bond acceptors (Lipinski definition) is 5. The van der Waals surface area contributed by atoms with E-state index >= 15 is 0 Å². The number of methoxy groups -OCH3 is 1. The van der Waals surface area contributed by atoms with Crippen molar-refractivity contribution >= 4 is 30.0 Å². The number of ether oxygens (including phenoxy) is 2. The predicted octanol–water partition coefficient (Wildman–Crippen LogP) is 3.84. The van der Waals surface area contributed by atoms with Gasteiger partial charge in [0.2, 0.25) is 4.77 Å². The molecule has 1 aromatic carbocycles. The number of nitrogens with one attached hydrogen (secondary N) is 1. The fraction of sp³-hybridized carbons (Fsp3) is 0.400. The van der Waals surface area contributed by atoms with Crippen LogP contribution in [0.4, 0.5) is 0 Å². The number of H-pyrrole nitrogens is 1. The monoisotopic (exact) mass is 354 g/mol. The van der Waals surface area contributed by atoms with E-state index in [1.54, 1.807) is 24.1 Å². The molecule has 0 aliphatic rings. The van der Waals surface area contributed by atoms with Crippen LogP contribution in [0.3, 0.4) is 0 Å². The van der Waals surface area contributed by atoms with Crippen LogP contribution < -0.4 is 9.47 Å². The Hall–Kier alpha value is -1.86. The van der Waals surface area contributed by atoms with Crippen LogP contribution in [0, 0.1) is 4.77 Å². The Balaban J connectivity index is 2.33. The average Bonchev–Trinajstić information content (AvgIpc) is 2.91. The van der Waals surface area contributed by atoms with Crippen molar-refractivity contribution in [1.82, 2.24) is 14.9 Å². The van der Waals surface area contributed by atoms with Crippen LogP contribution in [-0.4, -0.2) is 34.8 Å². The molecule has 8 heteroatoms. The molecule has 0 amide bonds. The van der Waals surface area contributed by atoms with Crippen molar-refractivity contribution in [2.45, 2.75) is 26.7 Å². The first kappa shape index (κ1) is 17.5. The highest BCUT2D eigenvalue weighted by Gasteiger charge is 2.11. The second-order valence-electron chi connectivity index (χ2n) is 4.74. The zero-order valence-corrected chi connectivity index (χ0v) is 14.9. The van der Waals surface area contributed by atoms with Gasteiger partial charge in [0.05, 0.1) is 25.0 Å². The van der Waals surface area contributed by atoms with E-state index in [4.69, 9.17) is 33.3 Å². The Morgan fingerprint density at radius 3 is 2.87 bits per heavy atom. The number of rotatable bonds is 7. The molecular weight excluding hydrogens is 336 g/mol. The molecule has 0 bridgehead atoms. The minimum atomic E-state index is 0.444. The van der Waals surface area contributed by atoms with E-state index in [0.29, 0.717) is 27.9 Å². The number of benzene rings is 1. The first-order valence-electron chi connectivity index (χ1n) is 7.31. The van der Waals surface area contributed by atoms with Crippen molar-refractivity contribution in [2.24, 2.45) is 5.10 Å². The summed E-state index contributed by atoms with van der Waals surface area (Å²) in [5.41, 5.74) is 0.779. The fourth-order valence-corrected chi connectivity index (χ4v) is 2.43. The molecule has 0 aliphatic carbocycles. The Morgan fingerprint density at radius 2 is 2.22 bits per heavy atom. The highest BCUT2D eigenvalue weighted by molar-refractivity contribution is 7.71. The Morgan fingerprint density at radius 1 is 1.43 bits per heavy atom. The number of aromatic nitrogens is 3. The first-order valence-corrected chi connectivity index (χ1v) is 8.10. The van der Waals surface area contributed by atoms with Crippen LogP contribution >= 0.6 is 23.8 Å². The van der Waals surface area contributed by atoms with Gasteiger partial charge < -0.3 is 9.47 Å². The van der Waals surface area contributed by atoms with Gasteiger partial charge in [0.25, 0.3) is 0 Å². The van der Waals surface area contributed by atoms with Gasteiger partial charge in [0.1, 0.15) is 0 Å². The molecule has 0 aliphatic heterocycles. The van der Waals surface area contributed by atoms with Crippen LogP contribution in [0.5, 0.6) is 11.5 Å². The summed E-state index contributed by atoms with van der Waals surface area (Å²) in [6.45, 7) is 4.59. The van der Waals surface area contributed by atoms with Gasteiger partial charge in [0, 0.05) is 6.42 Å². The van der Waals surface area contributed by atoms with E-state index < -0.39 is 0 Å². The van der Waals surface area contributed by atoms with Crippen LogP contribution in [0.2, 0.25) is 5.02 Å². The number of aromatic amines is 1. The highest BCUT2D eigenvalue weighted by Crippen LogP contribution is 2.36. The number of nitrogens with zero attached hydrogens (tertiary/aromatic N) is 3. The molecule has 2 aromatic rings. The Labute approximate surface area is 145 Å². The second-order valence-corrected chi connectivity index (χ2v) is 5.53. The Kier molecular flexibility index (Phi) is 6.18. The van der Waals surface area contributed by atoms with Crippen molar-refractivity contribution < 1.29 is 9.47 Å². The highest BCUT2D eigenvalue weighted by atomic mass is 35.5. The lowest BCUT2D eigenvalue weighted by Gasteiger charge is -2.12. The molecule has 6 nitrogen and oxygen atoms in total. The van der Waals surface area contributed by atoms with Crippen molar-refractivity contribution in [2.75, 3.05) is 13.7 Å². The van der Waals surface area contributed by atoms with E-state index in [0.717, 1.165) is 24.2 Å². The third-order valence-electron chi connectivity index (χ3n) is 3.06. The predicted molar refractivity (Wildman–Crippen MR) is 93.6 cm³/mol. The third kappa shape index (κ3) is 4.11. The molecule has 0 spiro atoms. The van der Waals surface area contributed by atoms with E-state index in [2.05, 4.69) is 15.3 Å². The number of aryl methyl sites for hydroxylation is 1. The van der Waals surface area contributed by atoms with Crippen LogP contribution in [0.15, 0.2) is 17.2 Å². The maximum Gasteiger partial charge on any atom is 0.216 e. The summed E-state index contributed by atoms with van der Waals surface area (Å²) >= 11 is 11.4. The SMILES string of the molecule is CCCOc1c(Cl)cc(/C=N\n2c(CC)n[nH]c2=S)cc1OC. The Bertz CT molecular complexity index is 754. The van der Waals surface area contributed by atoms with Crippen molar-refractivity contribution in [3.63, 3.8) is 0 Å². The molecule has 0 unspecified atom stereocenters. The van der Waals surface area contributed by atoms with Crippen LogP contribution in [0.1, 0.15) is 31.7 Å². The summed E-state index contributed by atoms with van der Waals surface area (Å²) in [5, 5.41) is 11.7. The molecule has 124 valence electrons. The van der Waals surface area contributed by atoms with Crippen molar-refractivity contribution in [3.8, 4) is 11.5 Å². The smallest absolute Gasteiger partial charge is 0.216 e. The van der Waals surface area contributed by atoms with Gasteiger partial charge in [-0.15, -0.1) is 0 Å². The molecule has 0 atom stereocenters. The van der Waals surface area contributed by atoms with Gasteiger partial charge in [-0.25, -0.2) is 0 Å². The lowest BCUT2D eigenvalue weighted by Crippen LogP contribution is -2.00. The molecule has 0 fully saturated rings. The lowest BCUT2D eigenvalue weighted by atomic mass is 10.2. The molecule has 1 aromatic heterocycles. The third-order valence-corrected chi connectivity index (χ3v) is 3.60. The molecule has 23 heavy (non-hydrogen) atoms. The van der Waals surface area contributed by atoms with E-state index in [1.807, 2.05) is 19.9 Å². The lowest BCUT2D eigenvalue weighted by molar-refractivity contribution is 0.294. The summed E-state index contributed by atoms with van der Waals surface area (Å²) in [5.74, 6) is 1.87. The fourth-order valence-electron chi connectivity index (χ4n) is 1.96. The van der Waals surface area contributed by atoms with Gasteiger partial charge >= 0.3 is 0 Å². The molecular formula is C15H19ClN4O2S. The maximum atomic E-state index is 6.29. The number of halogens is 1. The quantitative estimate of drug-likeness (QED) is 0.606. The topological polar surface area (TPSA) is 64.4 Å². The van der Waals surface area contributed by atoms with E-state index in [9.17, 15) is 0 Å². The standard InChI is InChI=1S/C15H19ClN4O2S/c1-4-6-22-14-11(16)7-10(8-12(14)21-3)9-17-20-13(5-2)18-19-15(20)23/h7-9H,4-6H2,1-3H3,(H,19,23)/b17-9-. The zero-order chi connectivity index (χ0) is 16.8. The normalized spacial score (nSPS) is 11.1. The van der Waals surface area contributed by atoms with E-state index in [1.165, 1.54) is 0 Å².